The number of hydrogen-bond donors (Lipinski definition) is 2. The van der Waals surface area contributed by atoms with Crippen molar-refractivity contribution in [3.8, 4) is 0 Å². The Bertz CT molecular complexity index is 496. The van der Waals surface area contributed by atoms with E-state index in [-0.39, 0.29) is 5.41 Å². The van der Waals surface area contributed by atoms with Gasteiger partial charge in [-0.25, -0.2) is 0 Å². The summed E-state index contributed by atoms with van der Waals surface area (Å²) < 4.78 is 0. The molecule has 4 aliphatic rings. The standard InChI is InChI=1S/C21H36O2/c1-18-11-6-5-7-14(18)8-9-15-16-10-12-21(4,23)19(16,2)13-20(3,22)17(15)18/h14-17,22-23H,5-13H2,1-4H3. The summed E-state index contributed by atoms with van der Waals surface area (Å²) in [4.78, 5) is 0. The van der Waals surface area contributed by atoms with Crippen molar-refractivity contribution in [3.05, 3.63) is 0 Å². The molecule has 0 aromatic carbocycles. The maximum atomic E-state index is 11.6. The second-order valence-corrected chi connectivity index (χ2v) is 10.5. The SMILES string of the molecule is CC1(O)CC2(C)C(CCC2(C)O)C2CCC3CCCCC3(C)C21. The van der Waals surface area contributed by atoms with Crippen molar-refractivity contribution in [1.29, 1.82) is 0 Å². The van der Waals surface area contributed by atoms with Gasteiger partial charge in [-0.05, 0) is 87.9 Å². The Morgan fingerprint density at radius 3 is 2.30 bits per heavy atom. The van der Waals surface area contributed by atoms with Gasteiger partial charge in [-0.15, -0.1) is 0 Å². The van der Waals surface area contributed by atoms with Crippen molar-refractivity contribution >= 4 is 0 Å². The first-order valence-corrected chi connectivity index (χ1v) is 10.1. The maximum Gasteiger partial charge on any atom is 0.0677 e. The number of hydrogen-bond acceptors (Lipinski definition) is 2. The van der Waals surface area contributed by atoms with Gasteiger partial charge < -0.3 is 10.2 Å². The van der Waals surface area contributed by atoms with Crippen LogP contribution in [0.4, 0.5) is 0 Å². The summed E-state index contributed by atoms with van der Waals surface area (Å²) in [6, 6.07) is 0. The molecule has 0 bridgehead atoms. The zero-order valence-electron chi connectivity index (χ0n) is 15.6. The first-order valence-electron chi connectivity index (χ1n) is 10.1. The minimum absolute atomic E-state index is 0.116. The summed E-state index contributed by atoms with van der Waals surface area (Å²) in [6.07, 6.45) is 10.9. The third kappa shape index (κ3) is 2.00. The summed E-state index contributed by atoms with van der Waals surface area (Å²) in [6.45, 7) is 8.89. The molecule has 0 aromatic heterocycles. The molecule has 0 amide bonds. The molecule has 2 heteroatoms. The highest BCUT2D eigenvalue weighted by atomic mass is 16.3. The van der Waals surface area contributed by atoms with E-state index in [0.29, 0.717) is 23.2 Å². The van der Waals surface area contributed by atoms with Crippen molar-refractivity contribution < 1.29 is 10.2 Å². The molecule has 0 aliphatic heterocycles. The van der Waals surface area contributed by atoms with Crippen molar-refractivity contribution in [2.45, 2.75) is 96.7 Å². The van der Waals surface area contributed by atoms with Gasteiger partial charge >= 0.3 is 0 Å². The van der Waals surface area contributed by atoms with Crippen LogP contribution < -0.4 is 0 Å². The van der Waals surface area contributed by atoms with Crippen molar-refractivity contribution in [3.63, 3.8) is 0 Å². The van der Waals surface area contributed by atoms with Crippen LogP contribution in [0.3, 0.4) is 0 Å². The first-order chi connectivity index (χ1) is 10.6. The predicted molar refractivity (Wildman–Crippen MR) is 93.0 cm³/mol. The van der Waals surface area contributed by atoms with E-state index in [1.54, 1.807) is 0 Å². The molecule has 0 radical (unpaired) electrons. The highest BCUT2D eigenvalue weighted by Gasteiger charge is 2.68. The molecule has 8 atom stereocenters. The maximum absolute atomic E-state index is 11.6. The molecule has 0 aromatic rings. The van der Waals surface area contributed by atoms with Gasteiger partial charge in [-0.3, -0.25) is 0 Å². The lowest BCUT2D eigenvalue weighted by Gasteiger charge is -2.65. The van der Waals surface area contributed by atoms with E-state index in [1.807, 2.05) is 6.92 Å². The second-order valence-electron chi connectivity index (χ2n) is 10.5. The minimum atomic E-state index is -0.630. The van der Waals surface area contributed by atoms with Crippen LogP contribution in [0.25, 0.3) is 0 Å². The summed E-state index contributed by atoms with van der Waals surface area (Å²) in [5, 5.41) is 22.7. The molecule has 4 fully saturated rings. The number of rotatable bonds is 0. The van der Waals surface area contributed by atoms with Gasteiger partial charge in [0.1, 0.15) is 0 Å². The van der Waals surface area contributed by atoms with E-state index in [0.717, 1.165) is 25.2 Å². The van der Waals surface area contributed by atoms with Gasteiger partial charge in [0.25, 0.3) is 0 Å². The zero-order chi connectivity index (χ0) is 16.7. The molecule has 2 nitrogen and oxygen atoms in total. The van der Waals surface area contributed by atoms with Crippen molar-refractivity contribution in [2.75, 3.05) is 0 Å². The molecule has 0 saturated heterocycles. The monoisotopic (exact) mass is 320 g/mol. The van der Waals surface area contributed by atoms with E-state index < -0.39 is 11.2 Å². The quantitative estimate of drug-likeness (QED) is 0.688. The smallest absolute Gasteiger partial charge is 0.0677 e. The molecule has 4 aliphatic carbocycles. The predicted octanol–water partition coefficient (Wildman–Crippen LogP) is 4.53. The third-order valence-electron chi connectivity index (χ3n) is 9.34. The molecule has 0 spiro atoms. The zero-order valence-corrected chi connectivity index (χ0v) is 15.6. The Hall–Kier alpha value is -0.0800. The number of fused-ring (bicyclic) bond motifs is 5. The average Bonchev–Trinajstić information content (AvgIpc) is 2.66. The fourth-order valence-electron chi connectivity index (χ4n) is 8.27. The molecule has 4 rings (SSSR count). The lowest BCUT2D eigenvalue weighted by atomic mass is 9.41. The average molecular weight is 321 g/mol. The summed E-state index contributed by atoms with van der Waals surface area (Å²) >= 11 is 0. The van der Waals surface area contributed by atoms with E-state index in [2.05, 4.69) is 20.8 Å². The fraction of sp³-hybridized carbons (Fsp3) is 1.00. The molecule has 8 unspecified atom stereocenters. The molecular formula is C21H36O2. The fourth-order valence-corrected chi connectivity index (χ4v) is 8.27. The lowest BCUT2D eigenvalue weighted by Crippen LogP contribution is -2.64. The van der Waals surface area contributed by atoms with Crippen LogP contribution >= 0.6 is 0 Å². The van der Waals surface area contributed by atoms with E-state index in [4.69, 9.17) is 0 Å². The lowest BCUT2D eigenvalue weighted by molar-refractivity contribution is -0.231. The topological polar surface area (TPSA) is 40.5 Å². The van der Waals surface area contributed by atoms with Gasteiger partial charge in [0.05, 0.1) is 11.2 Å². The Kier molecular flexibility index (Phi) is 3.39. The summed E-state index contributed by atoms with van der Waals surface area (Å²) in [7, 11) is 0. The van der Waals surface area contributed by atoms with Gasteiger partial charge in [-0.2, -0.15) is 0 Å². The molecule has 0 heterocycles. The summed E-state index contributed by atoms with van der Waals surface area (Å²) in [5.74, 6) is 2.45. The molecular weight excluding hydrogens is 284 g/mol. The van der Waals surface area contributed by atoms with Crippen LogP contribution in [0.2, 0.25) is 0 Å². The van der Waals surface area contributed by atoms with Crippen molar-refractivity contribution in [2.24, 2.45) is 34.5 Å². The van der Waals surface area contributed by atoms with Crippen molar-refractivity contribution in [1.82, 2.24) is 0 Å². The molecule has 2 N–H and O–H groups in total. The summed E-state index contributed by atoms with van der Waals surface area (Å²) in [5.41, 5.74) is -1.04. The van der Waals surface area contributed by atoms with Gasteiger partial charge in [0.2, 0.25) is 0 Å². The van der Waals surface area contributed by atoms with Crippen LogP contribution in [0.1, 0.15) is 85.5 Å². The highest BCUT2D eigenvalue weighted by molar-refractivity contribution is 5.17. The van der Waals surface area contributed by atoms with E-state index in [9.17, 15) is 10.2 Å². The van der Waals surface area contributed by atoms with Crippen LogP contribution in [0, 0.1) is 34.5 Å². The largest absolute Gasteiger partial charge is 0.390 e. The van der Waals surface area contributed by atoms with Crippen LogP contribution in [-0.4, -0.2) is 21.4 Å². The third-order valence-corrected chi connectivity index (χ3v) is 9.34. The highest BCUT2D eigenvalue weighted by Crippen LogP contribution is 2.70. The van der Waals surface area contributed by atoms with Gasteiger partial charge in [-0.1, -0.05) is 26.7 Å². The molecule has 132 valence electrons. The number of aliphatic hydroxyl groups is 2. The first kappa shape index (κ1) is 16.4. The van der Waals surface area contributed by atoms with Gasteiger partial charge in [0, 0.05) is 5.41 Å². The van der Waals surface area contributed by atoms with Crippen LogP contribution in [-0.2, 0) is 0 Å². The van der Waals surface area contributed by atoms with E-state index >= 15 is 0 Å². The minimum Gasteiger partial charge on any atom is -0.390 e. The van der Waals surface area contributed by atoms with Crippen LogP contribution in [0.5, 0.6) is 0 Å². The Labute approximate surface area is 142 Å². The normalized spacial score (nSPS) is 62.3. The molecule has 4 saturated carbocycles. The molecule has 23 heavy (non-hydrogen) atoms. The second kappa shape index (κ2) is 4.75. The Morgan fingerprint density at radius 1 is 0.826 bits per heavy atom. The van der Waals surface area contributed by atoms with Gasteiger partial charge in [0.15, 0.2) is 0 Å². The van der Waals surface area contributed by atoms with Crippen LogP contribution in [0.15, 0.2) is 0 Å². The van der Waals surface area contributed by atoms with E-state index in [1.165, 1.54) is 38.5 Å². The Morgan fingerprint density at radius 2 is 1.57 bits per heavy atom. The Balaban J connectivity index is 1.77.